The maximum Gasteiger partial charge on any atom is 0.490 e. The Kier molecular flexibility index (Phi) is 14.2. The summed E-state index contributed by atoms with van der Waals surface area (Å²) in [6, 6.07) is 15.4. The van der Waals surface area contributed by atoms with Crippen molar-refractivity contribution in [2.24, 2.45) is 0 Å². The van der Waals surface area contributed by atoms with Crippen LogP contribution >= 0.6 is 23.5 Å². The SMILES string of the molecule is CN(C)c1ccc2c(-c3ccc(C(=O)NCCNC(=O)O[C@@H]4[C@H](O)[C@@H](COP(=O)(O)OP(=O)(O)OP(=O)(O)O)O[C@H]4n4cnc5c(N)ncnc54)cc3C(=O)O)c3ccc(=[N+](C)C)cc-3oc2c1. The fourth-order valence-corrected chi connectivity index (χ4v) is 10.2. The third-order valence-electron chi connectivity index (χ3n) is 10.2. The number of carbonyl (C=O) groups is 3. The Labute approximate surface area is 383 Å². The van der Waals surface area contributed by atoms with E-state index in [-0.39, 0.29) is 41.2 Å². The number of imidazole rings is 1. The first-order valence-electron chi connectivity index (χ1n) is 19.8. The first kappa shape index (κ1) is 49.7. The fourth-order valence-electron chi connectivity index (χ4n) is 7.14. The molecule has 30 heteroatoms. The maximum absolute atomic E-state index is 13.4. The molecule has 1 saturated heterocycles. The number of carboxylic acid groups (broad SMARTS) is 1. The first-order valence-corrected chi connectivity index (χ1v) is 24.3. The van der Waals surface area contributed by atoms with Gasteiger partial charge >= 0.3 is 35.5 Å². The van der Waals surface area contributed by atoms with Crippen LogP contribution in [0.1, 0.15) is 26.9 Å². The zero-order valence-corrected chi connectivity index (χ0v) is 38.6. The molecular formula is C38H43N9O18P3+. The summed E-state index contributed by atoms with van der Waals surface area (Å²) in [6.45, 7) is -1.60. The normalized spacial score (nSPS) is 19.1. The summed E-state index contributed by atoms with van der Waals surface area (Å²) in [7, 11) is -9.72. The fraction of sp³-hybridized carbons (Fsp3) is 0.289. The molecule has 27 nitrogen and oxygen atoms in total. The number of ether oxygens (including phenoxy) is 2. The highest BCUT2D eigenvalue weighted by atomic mass is 31.3. The molecule has 0 bridgehead atoms. The van der Waals surface area contributed by atoms with E-state index in [0.29, 0.717) is 33.4 Å². The van der Waals surface area contributed by atoms with Crippen LogP contribution in [0.15, 0.2) is 71.7 Å². The lowest BCUT2D eigenvalue weighted by Crippen LogP contribution is -2.41. The van der Waals surface area contributed by atoms with E-state index < -0.39 is 72.6 Å². The molecule has 1 fully saturated rings. The number of nitrogen functional groups attached to an aromatic ring is 1. The molecule has 0 spiro atoms. The van der Waals surface area contributed by atoms with Gasteiger partial charge in [0, 0.05) is 67.1 Å². The second kappa shape index (κ2) is 19.4. The number of rotatable bonds is 16. The summed E-state index contributed by atoms with van der Waals surface area (Å²) in [5.41, 5.74) is 8.70. The molecule has 0 radical (unpaired) electrons. The molecule has 2 aromatic heterocycles. The quantitative estimate of drug-likeness (QED) is 0.0289. The minimum atomic E-state index is -5.88. The number of nitrogens with zero attached hydrogens (tertiary/aromatic N) is 6. The van der Waals surface area contributed by atoms with Gasteiger partial charge in [-0.25, -0.2) is 42.8 Å². The zero-order chi connectivity index (χ0) is 49.5. The van der Waals surface area contributed by atoms with Gasteiger partial charge in [-0.1, -0.05) is 6.07 Å². The molecule has 2 aromatic carbocycles. The lowest BCUT2D eigenvalue weighted by atomic mass is 9.89. The number of nitrogens with two attached hydrogens (primary N) is 1. The molecule has 10 N–H and O–H groups in total. The number of aliphatic hydroxyl groups is 1. The van der Waals surface area contributed by atoms with Gasteiger partial charge in [-0.2, -0.15) is 8.62 Å². The number of hydrogen-bond donors (Lipinski definition) is 9. The monoisotopic (exact) mass is 1010 g/mol. The predicted molar refractivity (Wildman–Crippen MR) is 237 cm³/mol. The topological polar surface area (TPSA) is 383 Å². The average Bonchev–Trinajstić information content (AvgIpc) is 3.82. The number of anilines is 2. The third-order valence-corrected chi connectivity index (χ3v) is 14.0. The van der Waals surface area contributed by atoms with E-state index in [4.69, 9.17) is 29.4 Å². The van der Waals surface area contributed by atoms with Crippen molar-refractivity contribution in [3.8, 4) is 22.5 Å². The number of aliphatic hydroxyl groups excluding tert-OH is 1. The van der Waals surface area contributed by atoms with E-state index in [0.717, 1.165) is 23.7 Å². The number of phosphoric ester groups is 1. The number of aromatic carboxylic acids is 1. The van der Waals surface area contributed by atoms with Gasteiger partial charge in [0.1, 0.15) is 49.5 Å². The number of benzene rings is 3. The largest absolute Gasteiger partial charge is 0.490 e. The number of carbonyl (C=O) groups excluding carboxylic acids is 2. The van der Waals surface area contributed by atoms with Gasteiger partial charge in [-0.05, 0) is 35.9 Å². The van der Waals surface area contributed by atoms with Gasteiger partial charge in [0.05, 0.1) is 24.6 Å². The van der Waals surface area contributed by atoms with Crippen LogP contribution in [0.25, 0.3) is 44.6 Å². The molecule has 7 rings (SSSR count). The van der Waals surface area contributed by atoms with Crippen molar-refractivity contribution in [3.63, 3.8) is 0 Å². The van der Waals surface area contributed by atoms with E-state index in [9.17, 15) is 48.1 Å². The van der Waals surface area contributed by atoms with Crippen molar-refractivity contribution in [1.29, 1.82) is 0 Å². The molecule has 3 aliphatic rings. The highest BCUT2D eigenvalue weighted by Crippen LogP contribution is 2.66. The van der Waals surface area contributed by atoms with Crippen molar-refractivity contribution >= 4 is 75.1 Å². The molecule has 68 heavy (non-hydrogen) atoms. The minimum absolute atomic E-state index is 0.0129. The maximum atomic E-state index is 13.4. The number of fused-ring (bicyclic) bond motifs is 3. The molecule has 4 aromatic rings. The lowest BCUT2D eigenvalue weighted by Gasteiger charge is -2.22. The Balaban J connectivity index is 1.05. The Hall–Kier alpha value is -6.18. The molecule has 2 unspecified atom stereocenters. The van der Waals surface area contributed by atoms with Crippen molar-refractivity contribution < 1.29 is 84.9 Å². The molecule has 2 amide bonds. The molecule has 362 valence electrons. The molecule has 1 aliphatic carbocycles. The number of carboxylic acids is 1. The van der Waals surface area contributed by atoms with E-state index >= 15 is 0 Å². The zero-order valence-electron chi connectivity index (χ0n) is 36.0. The van der Waals surface area contributed by atoms with Gasteiger partial charge in [0.15, 0.2) is 23.8 Å². The molecule has 6 atom stereocenters. The van der Waals surface area contributed by atoms with Crippen LogP contribution in [-0.2, 0) is 36.3 Å². The summed E-state index contributed by atoms with van der Waals surface area (Å²) in [6.07, 6.45) is -5.72. The van der Waals surface area contributed by atoms with E-state index in [1.54, 1.807) is 0 Å². The van der Waals surface area contributed by atoms with E-state index in [1.165, 1.54) is 22.8 Å². The number of nitrogens with one attached hydrogen (secondary N) is 2. The van der Waals surface area contributed by atoms with E-state index in [1.807, 2.05) is 74.1 Å². The van der Waals surface area contributed by atoms with Gasteiger partial charge in [-0.15, -0.1) is 0 Å². The van der Waals surface area contributed by atoms with Crippen LogP contribution in [0.4, 0.5) is 16.3 Å². The van der Waals surface area contributed by atoms with Crippen molar-refractivity contribution in [2.45, 2.75) is 24.5 Å². The minimum Gasteiger partial charge on any atom is -0.478 e. The van der Waals surface area contributed by atoms with Crippen molar-refractivity contribution in [1.82, 2.24) is 34.7 Å². The Morgan fingerprint density at radius 3 is 2.32 bits per heavy atom. The lowest BCUT2D eigenvalue weighted by molar-refractivity contribution is -0.0522. The van der Waals surface area contributed by atoms with Crippen molar-refractivity contribution in [3.05, 3.63) is 83.7 Å². The van der Waals surface area contributed by atoms with Crippen LogP contribution in [-0.4, -0.2) is 133 Å². The molecule has 0 saturated carbocycles. The molecule has 4 heterocycles. The molecule has 2 aliphatic heterocycles. The highest BCUT2D eigenvalue weighted by Gasteiger charge is 2.50. The van der Waals surface area contributed by atoms with E-state index in [2.05, 4.69) is 38.7 Å². The number of alkyl carbamates (subject to hydrolysis) is 1. The average molecular weight is 1010 g/mol. The number of hydrogen-bond acceptors (Lipinski definition) is 18. The van der Waals surface area contributed by atoms with Crippen LogP contribution < -0.4 is 31.2 Å². The number of phosphoric acid groups is 3. The number of aromatic nitrogens is 4. The Morgan fingerprint density at radius 2 is 1.63 bits per heavy atom. The second-order valence-electron chi connectivity index (χ2n) is 15.3. The van der Waals surface area contributed by atoms with Crippen LogP contribution in [0.5, 0.6) is 0 Å². The van der Waals surface area contributed by atoms with Crippen LogP contribution in [0, 0.1) is 0 Å². The first-order chi connectivity index (χ1) is 31.9. The smallest absolute Gasteiger partial charge is 0.478 e. The van der Waals surface area contributed by atoms with Gasteiger partial charge in [0.2, 0.25) is 5.36 Å². The second-order valence-corrected chi connectivity index (χ2v) is 19.7. The van der Waals surface area contributed by atoms with Gasteiger partial charge in [-0.3, -0.25) is 13.9 Å². The summed E-state index contributed by atoms with van der Waals surface area (Å²) in [4.78, 5) is 90.3. The Morgan fingerprint density at radius 1 is 0.912 bits per heavy atom. The van der Waals surface area contributed by atoms with Crippen molar-refractivity contribution in [2.75, 3.05) is 58.5 Å². The van der Waals surface area contributed by atoms with Crippen LogP contribution in [0.3, 0.4) is 0 Å². The summed E-state index contributed by atoms with van der Waals surface area (Å²) >= 11 is 0. The summed E-state index contributed by atoms with van der Waals surface area (Å²) in [5.74, 6) is -1.55. The Bertz CT molecular complexity index is 3140. The summed E-state index contributed by atoms with van der Waals surface area (Å²) < 4.78 is 68.0. The summed E-state index contributed by atoms with van der Waals surface area (Å²) in [5, 5.41) is 28.1. The van der Waals surface area contributed by atoms with Gasteiger partial charge in [0.25, 0.3) is 5.91 Å². The standard InChI is InChI=1S/C38H42N9O18P3/c1-45(2)20-6-9-23-26(14-20)61-27-15-21(46(3)4)7-10-24(27)29(23)22-8-5-19(13-25(22)37(50)51)35(49)40-11-12-41-38(52)63-32-31(48)28(16-60-67(56,57)65-68(58,59)64-66(53,54)55)62-36(32)47-18-44-30-33(39)42-17-43-34(30)47/h5-10,13-15,17-18,28,31-32,36,48H,11-12,16H2,1-4H3,(H8-,39,40,41,42,43,49,50,51,52,53,54,55,56,57,58,59)/p+1/t28-,31-,32-,36-/m1/s1. The highest BCUT2D eigenvalue weighted by molar-refractivity contribution is 7.66. The number of amides is 2. The van der Waals surface area contributed by atoms with Gasteiger partial charge < -0.3 is 64.9 Å². The molecular weight excluding hydrogens is 963 g/mol. The predicted octanol–water partition coefficient (Wildman–Crippen LogP) is 1.85. The van der Waals surface area contributed by atoms with Crippen LogP contribution in [0.2, 0.25) is 0 Å². The third kappa shape index (κ3) is 11.1.